The molecule has 2 aliphatic heterocycles. The summed E-state index contributed by atoms with van der Waals surface area (Å²) in [4.78, 5) is 18.5. The first-order chi connectivity index (χ1) is 10.8. The lowest BCUT2D eigenvalue weighted by molar-refractivity contribution is -0.132. The van der Waals surface area contributed by atoms with Crippen LogP contribution in [0.25, 0.3) is 11.5 Å². The summed E-state index contributed by atoms with van der Waals surface area (Å²) >= 11 is 0. The molecule has 2 bridgehead atoms. The van der Waals surface area contributed by atoms with Crippen LogP contribution in [0.1, 0.15) is 25.1 Å². The molecule has 1 amide bonds. The number of likely N-dealkylation sites (tertiary alicyclic amines) is 1. The largest absolute Gasteiger partial charge is 0.334 e. The molecule has 0 saturated carbocycles. The third-order valence-electron chi connectivity index (χ3n) is 4.37. The van der Waals surface area contributed by atoms with Crippen LogP contribution >= 0.6 is 0 Å². The average Bonchev–Trinajstić information content (AvgIpc) is 3.13. The highest BCUT2D eigenvalue weighted by Crippen LogP contribution is 2.23. The molecule has 1 aromatic heterocycles. The fourth-order valence-corrected chi connectivity index (χ4v) is 3.25. The van der Waals surface area contributed by atoms with Crippen LogP contribution in [-0.2, 0) is 11.3 Å². The van der Waals surface area contributed by atoms with E-state index in [0.717, 1.165) is 24.9 Å². The number of hydrogen-bond acceptors (Lipinski definition) is 5. The molecule has 22 heavy (non-hydrogen) atoms. The fourth-order valence-electron chi connectivity index (χ4n) is 3.25. The van der Waals surface area contributed by atoms with E-state index in [4.69, 9.17) is 4.52 Å². The Balaban J connectivity index is 1.49. The highest BCUT2D eigenvalue weighted by molar-refractivity contribution is 5.77. The van der Waals surface area contributed by atoms with Gasteiger partial charge in [0, 0.05) is 30.6 Å². The number of carbonyl (C=O) groups is 1. The highest BCUT2D eigenvalue weighted by Gasteiger charge is 2.33. The van der Waals surface area contributed by atoms with E-state index in [2.05, 4.69) is 15.5 Å². The van der Waals surface area contributed by atoms with Crippen molar-refractivity contribution in [2.45, 2.75) is 37.9 Å². The molecule has 0 unspecified atom stereocenters. The molecular weight excluding hydrogens is 280 g/mol. The summed E-state index contributed by atoms with van der Waals surface area (Å²) < 4.78 is 5.31. The number of amides is 1. The number of nitrogens with one attached hydrogen (secondary N) is 1. The van der Waals surface area contributed by atoms with E-state index >= 15 is 0 Å². The predicted molar refractivity (Wildman–Crippen MR) is 79.7 cm³/mol. The second-order valence-corrected chi connectivity index (χ2v) is 6.00. The van der Waals surface area contributed by atoms with E-state index in [0.29, 0.717) is 36.8 Å². The van der Waals surface area contributed by atoms with Gasteiger partial charge in [-0.1, -0.05) is 23.4 Å². The van der Waals surface area contributed by atoms with Gasteiger partial charge in [-0.05, 0) is 25.0 Å². The van der Waals surface area contributed by atoms with Crippen LogP contribution in [0.2, 0.25) is 0 Å². The molecule has 2 aromatic rings. The van der Waals surface area contributed by atoms with Gasteiger partial charge in [0.1, 0.15) is 0 Å². The maximum absolute atomic E-state index is 12.3. The average molecular weight is 298 g/mol. The molecule has 2 fully saturated rings. The predicted octanol–water partition coefficient (Wildman–Crippen LogP) is 1.59. The molecule has 2 atom stereocenters. The van der Waals surface area contributed by atoms with Gasteiger partial charge >= 0.3 is 0 Å². The maximum atomic E-state index is 12.3. The van der Waals surface area contributed by atoms with Crippen molar-refractivity contribution in [3.63, 3.8) is 0 Å². The van der Waals surface area contributed by atoms with Crippen molar-refractivity contribution >= 4 is 5.91 Å². The van der Waals surface area contributed by atoms with Crippen LogP contribution in [-0.4, -0.2) is 39.6 Å². The summed E-state index contributed by atoms with van der Waals surface area (Å²) in [5.41, 5.74) is 0.893. The Hall–Kier alpha value is -2.21. The minimum Gasteiger partial charge on any atom is -0.334 e. The van der Waals surface area contributed by atoms with Gasteiger partial charge in [0.05, 0.1) is 6.54 Å². The molecule has 114 valence electrons. The minimum atomic E-state index is 0.172. The highest BCUT2D eigenvalue weighted by atomic mass is 16.5. The van der Waals surface area contributed by atoms with E-state index in [-0.39, 0.29) is 5.91 Å². The fraction of sp³-hybridized carbons (Fsp3) is 0.438. The first-order valence-electron chi connectivity index (χ1n) is 7.70. The number of aromatic nitrogens is 2. The molecule has 3 heterocycles. The zero-order valence-corrected chi connectivity index (χ0v) is 12.2. The first-order valence-corrected chi connectivity index (χ1v) is 7.70. The van der Waals surface area contributed by atoms with Crippen molar-refractivity contribution in [1.82, 2.24) is 20.4 Å². The van der Waals surface area contributed by atoms with Crippen molar-refractivity contribution in [2.75, 3.05) is 6.54 Å². The molecule has 0 spiro atoms. The van der Waals surface area contributed by atoms with Gasteiger partial charge in [-0.25, -0.2) is 0 Å². The molecule has 1 N–H and O–H groups in total. The Morgan fingerprint density at radius 1 is 1.23 bits per heavy atom. The second-order valence-electron chi connectivity index (χ2n) is 6.00. The third kappa shape index (κ3) is 2.62. The van der Waals surface area contributed by atoms with E-state index in [9.17, 15) is 4.79 Å². The van der Waals surface area contributed by atoms with Crippen molar-refractivity contribution in [3.8, 4) is 11.5 Å². The van der Waals surface area contributed by atoms with Gasteiger partial charge < -0.3 is 14.7 Å². The van der Waals surface area contributed by atoms with Crippen molar-refractivity contribution in [2.24, 2.45) is 0 Å². The molecule has 2 saturated heterocycles. The summed E-state index contributed by atoms with van der Waals surface area (Å²) in [6, 6.07) is 10.4. The smallest absolute Gasteiger partial charge is 0.257 e. The van der Waals surface area contributed by atoms with Gasteiger partial charge in [0.25, 0.3) is 5.89 Å². The normalized spacial score (nSPS) is 24.5. The Labute approximate surface area is 128 Å². The molecule has 0 radical (unpaired) electrons. The number of nitrogens with zero attached hydrogens (tertiary/aromatic N) is 3. The lowest BCUT2D eigenvalue weighted by Gasteiger charge is -2.22. The van der Waals surface area contributed by atoms with Crippen molar-refractivity contribution in [1.29, 1.82) is 0 Å². The van der Waals surface area contributed by atoms with E-state index < -0.39 is 0 Å². The van der Waals surface area contributed by atoms with E-state index in [1.165, 1.54) is 0 Å². The van der Waals surface area contributed by atoms with E-state index in [1.54, 1.807) is 0 Å². The third-order valence-corrected chi connectivity index (χ3v) is 4.37. The number of carbonyl (C=O) groups excluding carboxylic acids is 1. The minimum absolute atomic E-state index is 0.172. The van der Waals surface area contributed by atoms with Gasteiger partial charge in [-0.15, -0.1) is 0 Å². The number of rotatable bonds is 3. The lowest BCUT2D eigenvalue weighted by atomic mass is 10.1. The summed E-state index contributed by atoms with van der Waals surface area (Å²) in [6.45, 7) is 1.14. The van der Waals surface area contributed by atoms with Gasteiger partial charge in [-0.3, -0.25) is 4.79 Å². The molecule has 6 heteroatoms. The Morgan fingerprint density at radius 3 is 2.91 bits per heavy atom. The van der Waals surface area contributed by atoms with E-state index in [1.807, 2.05) is 35.2 Å². The van der Waals surface area contributed by atoms with Crippen molar-refractivity contribution < 1.29 is 9.32 Å². The first kappa shape index (κ1) is 13.5. The van der Waals surface area contributed by atoms with Crippen LogP contribution in [0.5, 0.6) is 0 Å². The van der Waals surface area contributed by atoms with Crippen LogP contribution in [0.15, 0.2) is 34.9 Å². The summed E-state index contributed by atoms with van der Waals surface area (Å²) in [6.07, 6.45) is 2.81. The molecule has 4 rings (SSSR count). The molecular formula is C16H18N4O2. The quantitative estimate of drug-likeness (QED) is 0.931. The van der Waals surface area contributed by atoms with Crippen LogP contribution in [0.4, 0.5) is 0 Å². The number of fused-ring (bicyclic) bond motifs is 2. The van der Waals surface area contributed by atoms with Gasteiger partial charge in [0.15, 0.2) is 5.82 Å². The zero-order chi connectivity index (χ0) is 14.9. The Bertz CT molecular complexity index is 670. The van der Waals surface area contributed by atoms with Crippen molar-refractivity contribution in [3.05, 3.63) is 36.2 Å². The van der Waals surface area contributed by atoms with Gasteiger partial charge in [0.2, 0.25) is 5.91 Å². The Morgan fingerprint density at radius 2 is 2.05 bits per heavy atom. The van der Waals surface area contributed by atoms with Crippen LogP contribution in [0, 0.1) is 0 Å². The maximum Gasteiger partial charge on any atom is 0.257 e. The summed E-state index contributed by atoms with van der Waals surface area (Å²) in [7, 11) is 0. The summed E-state index contributed by atoms with van der Waals surface area (Å²) in [5.74, 6) is 1.23. The topological polar surface area (TPSA) is 71.3 Å². The number of benzene rings is 1. The number of hydrogen-bond donors (Lipinski definition) is 1. The lowest BCUT2D eigenvalue weighted by Crippen LogP contribution is -2.37. The zero-order valence-electron chi connectivity index (χ0n) is 12.2. The van der Waals surface area contributed by atoms with Crippen LogP contribution < -0.4 is 5.32 Å². The second kappa shape index (κ2) is 5.53. The Kier molecular flexibility index (Phi) is 3.38. The van der Waals surface area contributed by atoms with Crippen LogP contribution in [0.3, 0.4) is 0 Å². The summed E-state index contributed by atoms with van der Waals surface area (Å²) in [5, 5.41) is 7.52. The standard InChI is InChI=1S/C16H18N4O2/c21-15-8-12-6-7-13(17-12)9-20(15)10-14-18-16(22-19-14)11-4-2-1-3-5-11/h1-5,12-13,17H,6-10H2/t12-,13+/m1/s1. The molecule has 6 nitrogen and oxygen atoms in total. The van der Waals surface area contributed by atoms with Gasteiger partial charge in [-0.2, -0.15) is 4.98 Å². The SMILES string of the molecule is O=C1C[C@H]2CC[C@@H](CN1Cc1noc(-c3ccccc3)n1)N2. The molecule has 1 aromatic carbocycles. The molecule has 0 aliphatic carbocycles. The molecule has 2 aliphatic rings. The monoisotopic (exact) mass is 298 g/mol.